The Morgan fingerprint density at radius 1 is 1.33 bits per heavy atom. The van der Waals surface area contributed by atoms with Gasteiger partial charge < -0.3 is 0 Å². The molecule has 0 aromatic rings. The topological polar surface area (TPSA) is 0 Å². The van der Waals surface area contributed by atoms with Crippen LogP contribution in [0.4, 0.5) is 0 Å². The lowest BCUT2D eigenvalue weighted by atomic mass is 9.91. The van der Waals surface area contributed by atoms with Crippen LogP contribution in [0.15, 0.2) is 0 Å². The van der Waals surface area contributed by atoms with Crippen LogP contribution in [0.1, 0.15) is 33.6 Å². The Hall–Kier alpha value is -0.440. The van der Waals surface area contributed by atoms with Crippen molar-refractivity contribution in [3.8, 4) is 12.3 Å². The monoisotopic (exact) mass is 124 g/mol. The van der Waals surface area contributed by atoms with E-state index in [1.165, 1.54) is 6.42 Å². The molecule has 0 spiro atoms. The van der Waals surface area contributed by atoms with Crippen molar-refractivity contribution in [1.82, 2.24) is 0 Å². The average molecular weight is 124 g/mol. The minimum Gasteiger partial charge on any atom is -0.120 e. The van der Waals surface area contributed by atoms with Crippen LogP contribution in [0, 0.1) is 24.2 Å². The van der Waals surface area contributed by atoms with Crippen LogP contribution in [0.25, 0.3) is 0 Å². The van der Waals surface area contributed by atoms with Gasteiger partial charge in [-0.1, -0.05) is 27.2 Å². The van der Waals surface area contributed by atoms with E-state index in [4.69, 9.17) is 6.42 Å². The predicted molar refractivity (Wildman–Crippen MR) is 42.1 cm³/mol. The van der Waals surface area contributed by atoms with Gasteiger partial charge in [0, 0.05) is 6.42 Å². The minimum absolute atomic E-state index is 0.694. The Morgan fingerprint density at radius 2 is 1.89 bits per heavy atom. The molecule has 0 saturated heterocycles. The Morgan fingerprint density at radius 3 is 2.22 bits per heavy atom. The summed E-state index contributed by atoms with van der Waals surface area (Å²) in [5.41, 5.74) is 0. The van der Waals surface area contributed by atoms with Gasteiger partial charge in [-0.2, -0.15) is 0 Å². The van der Waals surface area contributed by atoms with Gasteiger partial charge in [0.1, 0.15) is 0 Å². The number of hydrogen-bond donors (Lipinski definition) is 0. The molecule has 52 valence electrons. The second-order valence-corrected chi connectivity index (χ2v) is 2.77. The van der Waals surface area contributed by atoms with E-state index in [9.17, 15) is 0 Å². The number of hydrogen-bond acceptors (Lipinski definition) is 0. The summed E-state index contributed by atoms with van der Waals surface area (Å²) < 4.78 is 0. The van der Waals surface area contributed by atoms with E-state index < -0.39 is 0 Å². The molecule has 2 atom stereocenters. The summed E-state index contributed by atoms with van der Waals surface area (Å²) in [7, 11) is 0. The zero-order valence-electron chi connectivity index (χ0n) is 6.65. The van der Waals surface area contributed by atoms with Gasteiger partial charge >= 0.3 is 0 Å². The van der Waals surface area contributed by atoms with Gasteiger partial charge in [-0.05, 0) is 11.8 Å². The quantitative estimate of drug-likeness (QED) is 0.507. The molecule has 0 aliphatic carbocycles. The van der Waals surface area contributed by atoms with E-state index in [2.05, 4.69) is 26.7 Å². The van der Waals surface area contributed by atoms with E-state index in [0.717, 1.165) is 12.3 Å². The smallest absolute Gasteiger partial charge is 0.0114 e. The highest BCUT2D eigenvalue weighted by atomic mass is 14.1. The molecule has 2 unspecified atom stereocenters. The van der Waals surface area contributed by atoms with Gasteiger partial charge in [-0.25, -0.2) is 0 Å². The Balaban J connectivity index is 3.48. The SMILES string of the molecule is C#CCC(C)C(C)CC. The molecule has 0 rings (SSSR count). The van der Waals surface area contributed by atoms with Crippen LogP contribution in [0.2, 0.25) is 0 Å². The second-order valence-electron chi connectivity index (χ2n) is 2.77. The summed E-state index contributed by atoms with van der Waals surface area (Å²) in [5.74, 6) is 4.16. The first-order chi connectivity index (χ1) is 4.22. The summed E-state index contributed by atoms with van der Waals surface area (Å²) in [6.45, 7) is 6.67. The molecule has 0 aliphatic rings. The highest BCUT2D eigenvalue weighted by Gasteiger charge is 2.07. The summed E-state index contributed by atoms with van der Waals surface area (Å²) in [4.78, 5) is 0. The van der Waals surface area contributed by atoms with Crippen molar-refractivity contribution in [2.45, 2.75) is 33.6 Å². The van der Waals surface area contributed by atoms with Gasteiger partial charge in [0.2, 0.25) is 0 Å². The van der Waals surface area contributed by atoms with Crippen molar-refractivity contribution < 1.29 is 0 Å². The number of terminal acetylenes is 1. The maximum Gasteiger partial charge on any atom is 0.0114 e. The van der Waals surface area contributed by atoms with Crippen molar-refractivity contribution in [3.63, 3.8) is 0 Å². The average Bonchev–Trinajstić information content (AvgIpc) is 1.87. The lowest BCUT2D eigenvalue weighted by Crippen LogP contribution is -2.05. The molecule has 0 aliphatic heterocycles. The van der Waals surface area contributed by atoms with Crippen LogP contribution < -0.4 is 0 Å². The van der Waals surface area contributed by atoms with Gasteiger partial charge in [-0.3, -0.25) is 0 Å². The molecule has 0 heteroatoms. The molecular weight excluding hydrogens is 108 g/mol. The van der Waals surface area contributed by atoms with Crippen LogP contribution in [0.5, 0.6) is 0 Å². The molecule has 0 heterocycles. The molecule has 0 aromatic heterocycles. The Labute approximate surface area is 58.7 Å². The van der Waals surface area contributed by atoms with E-state index in [0.29, 0.717) is 5.92 Å². The largest absolute Gasteiger partial charge is 0.120 e. The van der Waals surface area contributed by atoms with Crippen LogP contribution in [-0.2, 0) is 0 Å². The van der Waals surface area contributed by atoms with Gasteiger partial charge in [0.15, 0.2) is 0 Å². The van der Waals surface area contributed by atoms with E-state index in [-0.39, 0.29) is 0 Å². The van der Waals surface area contributed by atoms with Crippen molar-refractivity contribution in [3.05, 3.63) is 0 Å². The van der Waals surface area contributed by atoms with E-state index in [1.54, 1.807) is 0 Å². The lowest BCUT2D eigenvalue weighted by molar-refractivity contribution is 0.385. The zero-order chi connectivity index (χ0) is 7.28. The molecule has 9 heavy (non-hydrogen) atoms. The standard InChI is InChI=1S/C9H16/c1-5-7-9(4)8(3)6-2/h1,8-9H,6-7H2,2-4H3. The van der Waals surface area contributed by atoms with E-state index >= 15 is 0 Å². The fraction of sp³-hybridized carbons (Fsp3) is 0.778. The summed E-state index contributed by atoms with van der Waals surface area (Å²) in [5, 5.41) is 0. The minimum atomic E-state index is 0.694. The molecule has 0 N–H and O–H groups in total. The molecule has 0 fully saturated rings. The van der Waals surface area contributed by atoms with E-state index in [1.807, 2.05) is 0 Å². The molecular formula is C9H16. The fourth-order valence-electron chi connectivity index (χ4n) is 0.789. The third kappa shape index (κ3) is 3.19. The van der Waals surface area contributed by atoms with Crippen LogP contribution >= 0.6 is 0 Å². The molecule has 0 radical (unpaired) electrons. The third-order valence-electron chi connectivity index (χ3n) is 2.06. The van der Waals surface area contributed by atoms with Crippen LogP contribution in [-0.4, -0.2) is 0 Å². The first-order valence-electron chi connectivity index (χ1n) is 3.65. The number of rotatable bonds is 3. The van der Waals surface area contributed by atoms with Crippen molar-refractivity contribution in [2.24, 2.45) is 11.8 Å². The van der Waals surface area contributed by atoms with Gasteiger partial charge in [0.25, 0.3) is 0 Å². The predicted octanol–water partition coefficient (Wildman–Crippen LogP) is 2.69. The lowest BCUT2D eigenvalue weighted by Gasteiger charge is -2.14. The fourth-order valence-corrected chi connectivity index (χ4v) is 0.789. The Bertz CT molecular complexity index is 97.1. The van der Waals surface area contributed by atoms with Crippen molar-refractivity contribution in [2.75, 3.05) is 0 Å². The molecule has 0 nitrogen and oxygen atoms in total. The zero-order valence-corrected chi connectivity index (χ0v) is 6.65. The molecule has 0 amide bonds. The highest BCUT2D eigenvalue weighted by molar-refractivity contribution is 4.86. The van der Waals surface area contributed by atoms with Crippen molar-refractivity contribution in [1.29, 1.82) is 0 Å². The molecule has 0 saturated carbocycles. The molecule has 0 bridgehead atoms. The maximum atomic E-state index is 5.17. The van der Waals surface area contributed by atoms with Gasteiger partial charge in [0.05, 0.1) is 0 Å². The normalized spacial score (nSPS) is 16.2. The Kier molecular flexibility index (Phi) is 4.22. The summed E-state index contributed by atoms with van der Waals surface area (Å²) in [6.07, 6.45) is 7.34. The third-order valence-corrected chi connectivity index (χ3v) is 2.06. The van der Waals surface area contributed by atoms with Gasteiger partial charge in [-0.15, -0.1) is 12.3 Å². The van der Waals surface area contributed by atoms with Crippen molar-refractivity contribution >= 4 is 0 Å². The first-order valence-corrected chi connectivity index (χ1v) is 3.65. The maximum absolute atomic E-state index is 5.17. The second kappa shape index (κ2) is 4.44. The summed E-state index contributed by atoms with van der Waals surface area (Å²) in [6, 6.07) is 0. The van der Waals surface area contributed by atoms with Crippen LogP contribution in [0.3, 0.4) is 0 Å². The summed E-state index contributed by atoms with van der Waals surface area (Å²) >= 11 is 0. The highest BCUT2D eigenvalue weighted by Crippen LogP contribution is 2.16. The molecule has 0 aromatic carbocycles. The first kappa shape index (κ1) is 8.56.